The Balaban J connectivity index is 2.24. The molecule has 1 aliphatic heterocycles. The van der Waals surface area contributed by atoms with Gasteiger partial charge in [-0.15, -0.1) is 0 Å². The predicted molar refractivity (Wildman–Crippen MR) is 93.7 cm³/mol. The molecule has 24 heavy (non-hydrogen) atoms. The Labute approximate surface area is 143 Å². The number of hydrogen-bond acceptors (Lipinski definition) is 5. The summed E-state index contributed by atoms with van der Waals surface area (Å²) in [6, 6.07) is 4.11. The predicted octanol–water partition coefficient (Wildman–Crippen LogP) is 2.77. The SMILES string of the molecule is CNS(=O)(=O)c1ccc(N2CCC(CC(C)C)CC2)c([N+](=O)[O-])c1. The van der Waals surface area contributed by atoms with Gasteiger partial charge in [0.2, 0.25) is 10.0 Å². The molecule has 0 bridgehead atoms. The van der Waals surface area contributed by atoms with E-state index in [1.54, 1.807) is 6.07 Å². The van der Waals surface area contributed by atoms with Crippen molar-refractivity contribution < 1.29 is 13.3 Å². The van der Waals surface area contributed by atoms with Gasteiger partial charge in [0.15, 0.2) is 0 Å². The monoisotopic (exact) mass is 355 g/mol. The summed E-state index contributed by atoms with van der Waals surface area (Å²) >= 11 is 0. The molecule has 0 aliphatic carbocycles. The molecule has 1 aromatic rings. The number of nitrogens with one attached hydrogen (secondary N) is 1. The summed E-state index contributed by atoms with van der Waals surface area (Å²) in [4.78, 5) is 12.8. The molecule has 0 aromatic heterocycles. The summed E-state index contributed by atoms with van der Waals surface area (Å²) in [6.07, 6.45) is 3.19. The van der Waals surface area contributed by atoms with Gasteiger partial charge in [0.1, 0.15) is 5.69 Å². The normalized spacial score (nSPS) is 16.6. The molecule has 0 spiro atoms. The number of piperidine rings is 1. The van der Waals surface area contributed by atoms with E-state index in [1.807, 2.05) is 4.90 Å². The zero-order valence-corrected chi connectivity index (χ0v) is 15.2. The van der Waals surface area contributed by atoms with Gasteiger partial charge < -0.3 is 4.90 Å². The molecule has 2 rings (SSSR count). The Morgan fingerprint density at radius 2 is 1.96 bits per heavy atom. The average Bonchev–Trinajstić information content (AvgIpc) is 2.54. The smallest absolute Gasteiger partial charge is 0.293 e. The summed E-state index contributed by atoms with van der Waals surface area (Å²) in [5.41, 5.74) is 0.340. The van der Waals surface area contributed by atoms with Crippen molar-refractivity contribution in [3.05, 3.63) is 28.3 Å². The first-order valence-corrected chi connectivity index (χ1v) is 9.70. The lowest BCUT2D eigenvalue weighted by Crippen LogP contribution is -2.34. The van der Waals surface area contributed by atoms with Crippen LogP contribution in [0, 0.1) is 22.0 Å². The molecule has 1 saturated heterocycles. The fraction of sp³-hybridized carbons (Fsp3) is 0.625. The minimum Gasteiger partial charge on any atom is -0.366 e. The number of sulfonamides is 1. The van der Waals surface area contributed by atoms with Crippen molar-refractivity contribution in [3.63, 3.8) is 0 Å². The number of nitro groups is 1. The Hall–Kier alpha value is -1.67. The average molecular weight is 355 g/mol. The van der Waals surface area contributed by atoms with Crippen molar-refractivity contribution in [3.8, 4) is 0 Å². The third-order valence-corrected chi connectivity index (χ3v) is 5.89. The van der Waals surface area contributed by atoms with Crippen LogP contribution in [-0.2, 0) is 10.0 Å². The number of anilines is 1. The summed E-state index contributed by atoms with van der Waals surface area (Å²) in [7, 11) is -2.41. The molecular weight excluding hydrogens is 330 g/mol. The number of nitro benzene ring substituents is 1. The van der Waals surface area contributed by atoms with Gasteiger partial charge in [0, 0.05) is 19.2 Å². The van der Waals surface area contributed by atoms with Gasteiger partial charge in [-0.25, -0.2) is 13.1 Å². The van der Waals surface area contributed by atoms with E-state index in [4.69, 9.17) is 0 Å². The summed E-state index contributed by atoms with van der Waals surface area (Å²) in [5.74, 6) is 1.31. The first-order chi connectivity index (χ1) is 11.2. The lowest BCUT2D eigenvalue weighted by atomic mass is 9.88. The van der Waals surface area contributed by atoms with Crippen LogP contribution in [-0.4, -0.2) is 33.5 Å². The number of nitrogens with zero attached hydrogens (tertiary/aromatic N) is 2. The van der Waals surface area contributed by atoms with Crippen LogP contribution < -0.4 is 9.62 Å². The highest BCUT2D eigenvalue weighted by Crippen LogP contribution is 2.34. The molecule has 134 valence electrons. The Kier molecular flexibility index (Phi) is 5.82. The van der Waals surface area contributed by atoms with Crippen molar-refractivity contribution in [1.29, 1.82) is 0 Å². The van der Waals surface area contributed by atoms with Crippen molar-refractivity contribution in [1.82, 2.24) is 4.72 Å². The molecule has 1 aliphatic rings. The van der Waals surface area contributed by atoms with E-state index >= 15 is 0 Å². The lowest BCUT2D eigenvalue weighted by Gasteiger charge is -2.34. The maximum atomic E-state index is 11.9. The van der Waals surface area contributed by atoms with Gasteiger partial charge in [-0.2, -0.15) is 0 Å². The summed E-state index contributed by atoms with van der Waals surface area (Å²) in [5, 5.41) is 11.4. The van der Waals surface area contributed by atoms with E-state index < -0.39 is 14.9 Å². The fourth-order valence-corrected chi connectivity index (χ4v) is 4.03. The summed E-state index contributed by atoms with van der Waals surface area (Å²) < 4.78 is 25.9. The topological polar surface area (TPSA) is 92.6 Å². The van der Waals surface area contributed by atoms with Crippen LogP contribution in [0.25, 0.3) is 0 Å². The van der Waals surface area contributed by atoms with Crippen LogP contribution >= 0.6 is 0 Å². The van der Waals surface area contributed by atoms with E-state index in [2.05, 4.69) is 18.6 Å². The maximum Gasteiger partial charge on any atom is 0.293 e. The molecule has 1 aromatic carbocycles. The van der Waals surface area contributed by atoms with Gasteiger partial charge in [-0.05, 0) is 50.3 Å². The Bertz CT molecular complexity index is 695. The molecule has 1 fully saturated rings. The largest absolute Gasteiger partial charge is 0.366 e. The molecule has 8 heteroatoms. The van der Waals surface area contributed by atoms with Crippen LogP contribution in [0.5, 0.6) is 0 Å². The second-order valence-electron chi connectivity index (χ2n) is 6.68. The van der Waals surface area contributed by atoms with Gasteiger partial charge in [-0.1, -0.05) is 13.8 Å². The van der Waals surface area contributed by atoms with Crippen molar-refractivity contribution >= 4 is 21.4 Å². The molecule has 0 amide bonds. The molecule has 0 radical (unpaired) electrons. The zero-order valence-electron chi connectivity index (χ0n) is 14.4. The highest BCUT2D eigenvalue weighted by atomic mass is 32.2. The first kappa shape index (κ1) is 18.7. The molecule has 0 unspecified atom stereocenters. The van der Waals surface area contributed by atoms with Gasteiger partial charge >= 0.3 is 0 Å². The zero-order chi connectivity index (χ0) is 17.9. The number of hydrogen-bond donors (Lipinski definition) is 1. The van der Waals surface area contributed by atoms with Crippen LogP contribution in [0.2, 0.25) is 0 Å². The van der Waals surface area contributed by atoms with E-state index in [-0.39, 0.29) is 10.6 Å². The summed E-state index contributed by atoms with van der Waals surface area (Å²) in [6.45, 7) is 5.93. The number of benzene rings is 1. The third kappa shape index (κ3) is 4.24. The first-order valence-electron chi connectivity index (χ1n) is 8.21. The van der Waals surface area contributed by atoms with E-state index in [0.717, 1.165) is 32.0 Å². The standard InChI is InChI=1S/C16H25N3O4S/c1-12(2)10-13-6-8-18(9-7-13)15-5-4-14(24(22,23)17-3)11-16(15)19(20)21/h4-5,11-13,17H,6-10H2,1-3H3. The van der Waals surface area contributed by atoms with Gasteiger partial charge in [0.25, 0.3) is 5.69 Å². The quantitative estimate of drug-likeness (QED) is 0.626. The Morgan fingerprint density at radius 3 is 2.46 bits per heavy atom. The highest BCUT2D eigenvalue weighted by Gasteiger charge is 2.27. The maximum absolute atomic E-state index is 11.9. The highest BCUT2D eigenvalue weighted by molar-refractivity contribution is 7.89. The van der Waals surface area contributed by atoms with Crippen LogP contribution in [0.3, 0.4) is 0 Å². The van der Waals surface area contributed by atoms with E-state index in [9.17, 15) is 18.5 Å². The van der Waals surface area contributed by atoms with Crippen molar-refractivity contribution in [2.75, 3.05) is 25.0 Å². The van der Waals surface area contributed by atoms with Crippen LogP contribution in [0.15, 0.2) is 23.1 Å². The minimum absolute atomic E-state index is 0.0878. The lowest BCUT2D eigenvalue weighted by molar-refractivity contribution is -0.384. The van der Waals surface area contributed by atoms with Crippen LogP contribution in [0.1, 0.15) is 33.1 Å². The van der Waals surface area contributed by atoms with Crippen LogP contribution in [0.4, 0.5) is 11.4 Å². The molecule has 0 saturated carbocycles. The fourth-order valence-electron chi connectivity index (χ4n) is 3.28. The minimum atomic E-state index is -3.70. The molecule has 1 heterocycles. The van der Waals surface area contributed by atoms with Gasteiger partial charge in [-0.3, -0.25) is 10.1 Å². The molecule has 7 nitrogen and oxygen atoms in total. The molecule has 1 N–H and O–H groups in total. The van der Waals surface area contributed by atoms with Gasteiger partial charge in [0.05, 0.1) is 9.82 Å². The Morgan fingerprint density at radius 1 is 1.33 bits per heavy atom. The van der Waals surface area contributed by atoms with Crippen molar-refractivity contribution in [2.24, 2.45) is 11.8 Å². The van der Waals surface area contributed by atoms with E-state index in [0.29, 0.717) is 17.5 Å². The third-order valence-electron chi connectivity index (χ3n) is 4.48. The second-order valence-corrected chi connectivity index (χ2v) is 8.56. The molecule has 0 atom stereocenters. The number of rotatable bonds is 6. The van der Waals surface area contributed by atoms with Crippen molar-refractivity contribution in [2.45, 2.75) is 38.0 Å². The second kappa shape index (κ2) is 7.48. The molecular formula is C16H25N3O4S. The van der Waals surface area contributed by atoms with E-state index in [1.165, 1.54) is 19.5 Å².